The first-order chi connectivity index (χ1) is 13.8. The zero-order valence-corrected chi connectivity index (χ0v) is 16.1. The zero-order chi connectivity index (χ0) is 19.2. The molecule has 0 saturated carbocycles. The minimum Gasteiger partial charge on any atom is -0.379 e. The van der Waals surface area contributed by atoms with Crippen molar-refractivity contribution < 1.29 is 9.53 Å². The van der Waals surface area contributed by atoms with Gasteiger partial charge in [0.25, 0.3) is 0 Å². The predicted molar refractivity (Wildman–Crippen MR) is 110 cm³/mol. The summed E-state index contributed by atoms with van der Waals surface area (Å²) in [5, 5.41) is 7.05. The van der Waals surface area contributed by atoms with E-state index in [9.17, 15) is 4.79 Å². The molecular formula is C20H21N5O2S. The molecule has 144 valence electrons. The molecule has 1 aliphatic heterocycles. The lowest BCUT2D eigenvalue weighted by atomic mass is 10.2. The van der Waals surface area contributed by atoms with Gasteiger partial charge in [0.15, 0.2) is 0 Å². The Balaban J connectivity index is 1.53. The first kappa shape index (κ1) is 18.5. The number of morpholine rings is 1. The molecule has 1 saturated heterocycles. The third kappa shape index (κ3) is 4.53. The van der Waals surface area contributed by atoms with Crippen LogP contribution in [0.15, 0.2) is 59.6 Å². The van der Waals surface area contributed by atoms with Crippen LogP contribution in [0.25, 0.3) is 0 Å². The maximum absolute atomic E-state index is 12.4. The Morgan fingerprint density at radius 2 is 1.96 bits per heavy atom. The molecule has 0 bridgehead atoms. The van der Waals surface area contributed by atoms with Gasteiger partial charge in [0.05, 0.1) is 31.1 Å². The van der Waals surface area contributed by atoms with Crippen molar-refractivity contribution in [1.29, 1.82) is 0 Å². The minimum absolute atomic E-state index is 0.0305. The molecule has 1 aromatic carbocycles. The van der Waals surface area contributed by atoms with Crippen molar-refractivity contribution >= 4 is 40.3 Å². The molecule has 0 unspecified atom stereocenters. The van der Waals surface area contributed by atoms with Crippen LogP contribution in [-0.2, 0) is 9.53 Å². The molecule has 0 spiro atoms. The molecule has 1 amide bonds. The standard InChI is InChI=1S/C20H21N5O2S/c26-19(14-24-8-10-27-11-9-24)23-16-3-1-4-17(13-16)25(18-5-12-28-15-18)20-21-6-2-7-22-20/h1-7,12-13,15H,8-11,14H2,(H,23,26). The van der Waals surface area contributed by atoms with Gasteiger partial charge in [0.2, 0.25) is 11.9 Å². The Kier molecular flexibility index (Phi) is 5.91. The lowest BCUT2D eigenvalue weighted by Crippen LogP contribution is -2.41. The summed E-state index contributed by atoms with van der Waals surface area (Å²) in [4.78, 5) is 25.3. The van der Waals surface area contributed by atoms with Crippen molar-refractivity contribution in [2.24, 2.45) is 0 Å². The summed E-state index contributed by atoms with van der Waals surface area (Å²) in [5.74, 6) is 0.551. The maximum atomic E-state index is 12.4. The number of carbonyl (C=O) groups is 1. The lowest BCUT2D eigenvalue weighted by molar-refractivity contribution is -0.118. The van der Waals surface area contributed by atoms with E-state index in [0.29, 0.717) is 25.7 Å². The molecule has 0 atom stereocenters. The molecule has 1 aliphatic rings. The molecule has 0 radical (unpaired) electrons. The van der Waals surface area contributed by atoms with Crippen LogP contribution in [0.2, 0.25) is 0 Å². The topological polar surface area (TPSA) is 70.6 Å². The Morgan fingerprint density at radius 3 is 2.71 bits per heavy atom. The van der Waals surface area contributed by atoms with Gasteiger partial charge >= 0.3 is 0 Å². The Hall–Kier alpha value is -2.81. The number of benzene rings is 1. The van der Waals surface area contributed by atoms with Gasteiger partial charge in [-0.3, -0.25) is 14.6 Å². The van der Waals surface area contributed by atoms with Crippen molar-refractivity contribution in [1.82, 2.24) is 14.9 Å². The molecule has 3 heterocycles. The monoisotopic (exact) mass is 395 g/mol. The van der Waals surface area contributed by atoms with Crippen LogP contribution in [0, 0.1) is 0 Å². The van der Waals surface area contributed by atoms with Crippen LogP contribution in [-0.4, -0.2) is 53.6 Å². The van der Waals surface area contributed by atoms with E-state index >= 15 is 0 Å². The summed E-state index contributed by atoms with van der Waals surface area (Å²) in [6.07, 6.45) is 3.44. The Labute approximate surface area is 167 Å². The van der Waals surface area contributed by atoms with Crippen LogP contribution in [0.3, 0.4) is 0 Å². The van der Waals surface area contributed by atoms with Crippen molar-refractivity contribution in [2.75, 3.05) is 43.1 Å². The van der Waals surface area contributed by atoms with Crippen LogP contribution in [0.5, 0.6) is 0 Å². The number of carbonyl (C=O) groups excluding carboxylic acids is 1. The van der Waals surface area contributed by atoms with E-state index in [2.05, 4.69) is 20.2 Å². The van der Waals surface area contributed by atoms with E-state index in [0.717, 1.165) is 30.2 Å². The number of ether oxygens (including phenoxy) is 1. The average Bonchev–Trinajstić information content (AvgIpc) is 3.24. The molecule has 3 aromatic rings. The van der Waals surface area contributed by atoms with Gasteiger partial charge in [-0.15, -0.1) is 0 Å². The minimum atomic E-state index is -0.0305. The first-order valence-electron chi connectivity index (χ1n) is 9.09. The van der Waals surface area contributed by atoms with Gasteiger partial charge in [-0.05, 0) is 35.7 Å². The fourth-order valence-electron chi connectivity index (χ4n) is 3.06. The highest BCUT2D eigenvalue weighted by molar-refractivity contribution is 7.08. The highest BCUT2D eigenvalue weighted by Crippen LogP contribution is 2.34. The van der Waals surface area contributed by atoms with Crippen LogP contribution < -0.4 is 10.2 Å². The number of nitrogens with zero attached hydrogens (tertiary/aromatic N) is 4. The number of rotatable bonds is 6. The fourth-order valence-corrected chi connectivity index (χ4v) is 3.68. The number of anilines is 4. The molecule has 8 heteroatoms. The molecule has 1 fully saturated rings. The third-order valence-electron chi connectivity index (χ3n) is 4.38. The second-order valence-electron chi connectivity index (χ2n) is 6.35. The fraction of sp³-hybridized carbons (Fsp3) is 0.250. The molecule has 28 heavy (non-hydrogen) atoms. The predicted octanol–water partition coefficient (Wildman–Crippen LogP) is 3.28. The average molecular weight is 395 g/mol. The maximum Gasteiger partial charge on any atom is 0.238 e. The number of hydrogen-bond acceptors (Lipinski definition) is 7. The Morgan fingerprint density at radius 1 is 1.14 bits per heavy atom. The van der Waals surface area contributed by atoms with Gasteiger partial charge in [-0.25, -0.2) is 9.97 Å². The first-order valence-corrected chi connectivity index (χ1v) is 10.0. The summed E-state index contributed by atoms with van der Waals surface area (Å²) < 4.78 is 5.33. The van der Waals surface area contributed by atoms with E-state index in [1.54, 1.807) is 29.8 Å². The van der Waals surface area contributed by atoms with Crippen molar-refractivity contribution in [3.8, 4) is 0 Å². The highest BCUT2D eigenvalue weighted by Gasteiger charge is 2.17. The summed E-state index contributed by atoms with van der Waals surface area (Å²) in [5.41, 5.74) is 2.61. The van der Waals surface area contributed by atoms with Gasteiger partial charge in [0.1, 0.15) is 0 Å². The molecule has 4 rings (SSSR count). The van der Waals surface area contributed by atoms with Gasteiger partial charge in [-0.1, -0.05) is 6.07 Å². The van der Waals surface area contributed by atoms with Crippen molar-refractivity contribution in [2.45, 2.75) is 0 Å². The van der Waals surface area contributed by atoms with E-state index in [1.165, 1.54) is 0 Å². The number of nitrogens with one attached hydrogen (secondary N) is 1. The number of hydrogen-bond donors (Lipinski definition) is 1. The zero-order valence-electron chi connectivity index (χ0n) is 15.3. The largest absolute Gasteiger partial charge is 0.379 e. The molecular weight excluding hydrogens is 374 g/mol. The van der Waals surface area contributed by atoms with Crippen LogP contribution >= 0.6 is 11.3 Å². The smallest absolute Gasteiger partial charge is 0.238 e. The van der Waals surface area contributed by atoms with Crippen LogP contribution in [0.4, 0.5) is 23.0 Å². The van der Waals surface area contributed by atoms with Crippen molar-refractivity contribution in [3.05, 3.63) is 59.6 Å². The normalized spacial score (nSPS) is 14.6. The second kappa shape index (κ2) is 8.92. The number of amides is 1. The van der Waals surface area contributed by atoms with E-state index in [-0.39, 0.29) is 5.91 Å². The summed E-state index contributed by atoms with van der Waals surface area (Å²) in [7, 11) is 0. The second-order valence-corrected chi connectivity index (χ2v) is 7.13. The molecule has 0 aliphatic carbocycles. The Bertz CT molecular complexity index is 898. The highest BCUT2D eigenvalue weighted by atomic mass is 32.1. The molecule has 2 aromatic heterocycles. The molecule has 7 nitrogen and oxygen atoms in total. The van der Waals surface area contributed by atoms with Crippen molar-refractivity contribution in [3.63, 3.8) is 0 Å². The number of aromatic nitrogens is 2. The van der Waals surface area contributed by atoms with Gasteiger partial charge < -0.3 is 10.1 Å². The van der Waals surface area contributed by atoms with Crippen LogP contribution in [0.1, 0.15) is 0 Å². The van der Waals surface area contributed by atoms with Gasteiger partial charge in [-0.2, -0.15) is 11.3 Å². The lowest BCUT2D eigenvalue weighted by Gasteiger charge is -2.26. The number of thiophene rings is 1. The molecule has 1 N–H and O–H groups in total. The summed E-state index contributed by atoms with van der Waals surface area (Å²) >= 11 is 1.61. The van der Waals surface area contributed by atoms with E-state index in [1.807, 2.05) is 46.0 Å². The van der Waals surface area contributed by atoms with E-state index < -0.39 is 0 Å². The third-order valence-corrected chi connectivity index (χ3v) is 5.05. The summed E-state index contributed by atoms with van der Waals surface area (Å²) in [6.45, 7) is 3.28. The SMILES string of the molecule is O=C(CN1CCOCC1)Nc1cccc(N(c2ccsc2)c2ncccn2)c1. The summed E-state index contributed by atoms with van der Waals surface area (Å²) in [6, 6.07) is 11.5. The van der Waals surface area contributed by atoms with Gasteiger partial charge in [0, 0.05) is 36.6 Å². The quantitative estimate of drug-likeness (QED) is 0.691. The van der Waals surface area contributed by atoms with E-state index in [4.69, 9.17) is 4.74 Å².